The molecule has 4 aromatic rings. The summed E-state index contributed by atoms with van der Waals surface area (Å²) >= 11 is 13.7. The SMILES string of the molecule is CSc1ccc2c(c1)c1c(n2C(=O)NCc2ccnc(Cl)c2)CCN(CC=Cc2ccc(Cl)cc2)C1. The third-order valence-electron chi connectivity index (χ3n) is 6.42. The van der Waals surface area contributed by atoms with Gasteiger partial charge >= 0.3 is 6.03 Å². The molecule has 184 valence electrons. The minimum atomic E-state index is -0.123. The molecule has 2 aromatic carbocycles. The van der Waals surface area contributed by atoms with Crippen LogP contribution in [0.15, 0.2) is 71.8 Å². The molecule has 0 bridgehead atoms. The molecule has 0 atom stereocenters. The van der Waals surface area contributed by atoms with Crippen LogP contribution in [0.25, 0.3) is 17.0 Å². The standard InChI is InChI=1S/C28H26Cl2N4OS/c1-36-22-8-9-25-23(16-22)24-18-33(13-2-3-19-4-6-21(29)7-5-19)14-11-26(24)34(25)28(35)32-17-20-10-12-31-27(30)15-20/h2-10,12,15-16H,11,13-14,17-18H2,1H3,(H,32,35). The van der Waals surface area contributed by atoms with Gasteiger partial charge in [0.15, 0.2) is 0 Å². The molecule has 0 saturated heterocycles. The molecule has 0 fully saturated rings. The summed E-state index contributed by atoms with van der Waals surface area (Å²) < 4.78 is 1.86. The zero-order chi connectivity index (χ0) is 25.1. The summed E-state index contributed by atoms with van der Waals surface area (Å²) in [5, 5.41) is 5.37. The Labute approximate surface area is 225 Å². The van der Waals surface area contributed by atoms with Gasteiger partial charge < -0.3 is 5.32 Å². The minimum absolute atomic E-state index is 0.123. The van der Waals surface area contributed by atoms with Crippen molar-refractivity contribution in [1.29, 1.82) is 0 Å². The second-order valence-electron chi connectivity index (χ2n) is 8.73. The Morgan fingerprint density at radius 3 is 2.75 bits per heavy atom. The number of pyridine rings is 1. The van der Waals surface area contributed by atoms with E-state index in [0.29, 0.717) is 11.7 Å². The number of thioether (sulfide) groups is 1. The van der Waals surface area contributed by atoms with Crippen molar-refractivity contribution in [2.24, 2.45) is 0 Å². The first kappa shape index (κ1) is 24.9. The normalized spacial score (nSPS) is 13.9. The van der Waals surface area contributed by atoms with Crippen molar-refractivity contribution < 1.29 is 4.79 Å². The van der Waals surface area contributed by atoms with Gasteiger partial charge in [0.1, 0.15) is 5.15 Å². The Morgan fingerprint density at radius 2 is 1.97 bits per heavy atom. The van der Waals surface area contributed by atoms with Crippen molar-refractivity contribution in [3.63, 3.8) is 0 Å². The van der Waals surface area contributed by atoms with Gasteiger partial charge in [0.05, 0.1) is 5.52 Å². The van der Waals surface area contributed by atoms with Crippen LogP contribution in [-0.4, -0.2) is 39.8 Å². The van der Waals surface area contributed by atoms with Crippen molar-refractivity contribution in [3.05, 3.63) is 99.4 Å². The third kappa shape index (κ3) is 5.47. The van der Waals surface area contributed by atoms with Crippen LogP contribution in [-0.2, 0) is 19.5 Å². The Kier molecular flexibility index (Phi) is 7.67. The average Bonchev–Trinajstić information content (AvgIpc) is 3.21. The van der Waals surface area contributed by atoms with E-state index in [1.54, 1.807) is 24.0 Å². The Balaban J connectivity index is 1.38. The van der Waals surface area contributed by atoms with E-state index < -0.39 is 0 Å². The summed E-state index contributed by atoms with van der Waals surface area (Å²) in [5.74, 6) is 0. The van der Waals surface area contributed by atoms with Gasteiger partial charge in [0.25, 0.3) is 0 Å². The summed E-state index contributed by atoms with van der Waals surface area (Å²) in [5.41, 5.74) is 5.31. The number of benzene rings is 2. The number of halogens is 2. The Morgan fingerprint density at radius 1 is 1.14 bits per heavy atom. The molecular weight excluding hydrogens is 511 g/mol. The highest BCUT2D eigenvalue weighted by molar-refractivity contribution is 7.98. The highest BCUT2D eigenvalue weighted by atomic mass is 35.5. The summed E-state index contributed by atoms with van der Waals surface area (Å²) in [6.45, 7) is 2.91. The van der Waals surface area contributed by atoms with E-state index in [-0.39, 0.29) is 6.03 Å². The van der Waals surface area contributed by atoms with Gasteiger partial charge in [-0.1, -0.05) is 47.5 Å². The van der Waals surface area contributed by atoms with Crippen LogP contribution in [0.3, 0.4) is 0 Å². The molecule has 0 spiro atoms. The first-order chi connectivity index (χ1) is 17.5. The van der Waals surface area contributed by atoms with Gasteiger partial charge in [-0.15, -0.1) is 11.8 Å². The average molecular weight is 538 g/mol. The molecule has 36 heavy (non-hydrogen) atoms. The lowest BCUT2D eigenvalue weighted by Crippen LogP contribution is -2.34. The van der Waals surface area contributed by atoms with Crippen LogP contribution < -0.4 is 5.32 Å². The van der Waals surface area contributed by atoms with E-state index in [0.717, 1.165) is 58.8 Å². The van der Waals surface area contributed by atoms with E-state index in [9.17, 15) is 4.79 Å². The van der Waals surface area contributed by atoms with E-state index in [4.69, 9.17) is 23.2 Å². The van der Waals surface area contributed by atoms with E-state index in [2.05, 4.69) is 51.8 Å². The summed E-state index contributed by atoms with van der Waals surface area (Å²) in [6, 6.07) is 17.7. The number of rotatable bonds is 6. The van der Waals surface area contributed by atoms with Gasteiger partial charge in [-0.3, -0.25) is 9.47 Å². The minimum Gasteiger partial charge on any atom is -0.333 e. The first-order valence-electron chi connectivity index (χ1n) is 11.7. The fourth-order valence-corrected chi connectivity index (χ4v) is 5.39. The Hall–Kier alpha value is -2.77. The van der Waals surface area contributed by atoms with Crippen LogP contribution in [0.4, 0.5) is 4.79 Å². The zero-order valence-electron chi connectivity index (χ0n) is 19.9. The van der Waals surface area contributed by atoms with Crippen LogP contribution in [0.2, 0.25) is 10.2 Å². The molecule has 1 N–H and O–H groups in total. The lowest BCUT2D eigenvalue weighted by molar-refractivity contribution is 0.240. The number of hydrogen-bond donors (Lipinski definition) is 1. The molecule has 2 aromatic heterocycles. The molecular formula is C28H26Cl2N4OS. The number of amides is 1. The van der Waals surface area contributed by atoms with Crippen molar-refractivity contribution in [2.45, 2.75) is 24.4 Å². The number of nitrogens with one attached hydrogen (secondary N) is 1. The lowest BCUT2D eigenvalue weighted by Gasteiger charge is -2.27. The van der Waals surface area contributed by atoms with Crippen LogP contribution in [0.5, 0.6) is 0 Å². The summed E-state index contributed by atoms with van der Waals surface area (Å²) in [4.78, 5) is 21.0. The summed E-state index contributed by atoms with van der Waals surface area (Å²) in [7, 11) is 0. The van der Waals surface area contributed by atoms with Crippen molar-refractivity contribution in [2.75, 3.05) is 19.3 Å². The van der Waals surface area contributed by atoms with Crippen LogP contribution in [0, 0.1) is 0 Å². The highest BCUT2D eigenvalue weighted by Crippen LogP contribution is 2.33. The lowest BCUT2D eigenvalue weighted by atomic mass is 10.0. The molecule has 5 nitrogen and oxygen atoms in total. The second-order valence-corrected chi connectivity index (χ2v) is 10.4. The third-order valence-corrected chi connectivity index (χ3v) is 7.60. The zero-order valence-corrected chi connectivity index (χ0v) is 22.2. The fraction of sp³-hybridized carbons (Fsp3) is 0.214. The van der Waals surface area contributed by atoms with E-state index >= 15 is 0 Å². The van der Waals surface area contributed by atoms with Crippen molar-refractivity contribution in [1.82, 2.24) is 19.8 Å². The molecule has 0 aliphatic carbocycles. The van der Waals surface area contributed by atoms with Gasteiger partial charge in [-0.25, -0.2) is 9.78 Å². The second kappa shape index (κ2) is 11.1. The van der Waals surface area contributed by atoms with Gasteiger partial charge in [-0.05, 0) is 65.4 Å². The maximum Gasteiger partial charge on any atom is 0.326 e. The summed E-state index contributed by atoms with van der Waals surface area (Å²) in [6.07, 6.45) is 8.84. The molecule has 0 unspecified atom stereocenters. The largest absolute Gasteiger partial charge is 0.333 e. The quantitative estimate of drug-likeness (QED) is 0.215. The van der Waals surface area contributed by atoms with Crippen LogP contribution in [0.1, 0.15) is 22.4 Å². The predicted octanol–water partition coefficient (Wildman–Crippen LogP) is 6.89. The number of aromatic nitrogens is 2. The van der Waals surface area contributed by atoms with Crippen molar-refractivity contribution in [3.8, 4) is 0 Å². The molecule has 1 amide bonds. The molecule has 1 aliphatic heterocycles. The van der Waals surface area contributed by atoms with Crippen molar-refractivity contribution >= 4 is 58.0 Å². The monoisotopic (exact) mass is 536 g/mol. The molecule has 0 radical (unpaired) electrons. The molecule has 8 heteroatoms. The molecule has 1 aliphatic rings. The van der Waals surface area contributed by atoms with E-state index in [1.165, 1.54) is 10.5 Å². The van der Waals surface area contributed by atoms with E-state index in [1.807, 2.05) is 34.9 Å². The highest BCUT2D eigenvalue weighted by Gasteiger charge is 2.26. The topological polar surface area (TPSA) is 50.2 Å². The molecule has 0 saturated carbocycles. The number of carbonyl (C=O) groups excluding carboxylic acids is 1. The maximum absolute atomic E-state index is 13.4. The van der Waals surface area contributed by atoms with Gasteiger partial charge in [-0.2, -0.15) is 0 Å². The first-order valence-corrected chi connectivity index (χ1v) is 13.7. The Bertz CT molecular complexity index is 1430. The fourth-order valence-electron chi connectivity index (χ4n) is 4.63. The van der Waals surface area contributed by atoms with Gasteiger partial charge in [0, 0.05) is 59.8 Å². The predicted molar refractivity (Wildman–Crippen MR) is 150 cm³/mol. The number of carbonyl (C=O) groups is 1. The van der Waals surface area contributed by atoms with Crippen LogP contribution >= 0.6 is 35.0 Å². The number of fused-ring (bicyclic) bond motifs is 3. The molecule has 5 rings (SSSR count). The number of nitrogens with zero attached hydrogens (tertiary/aromatic N) is 3. The maximum atomic E-state index is 13.4. The van der Waals surface area contributed by atoms with Gasteiger partial charge in [0.2, 0.25) is 0 Å². The number of hydrogen-bond acceptors (Lipinski definition) is 4. The molecule has 3 heterocycles. The smallest absolute Gasteiger partial charge is 0.326 e.